The Balaban J connectivity index is 2.22. The van der Waals surface area contributed by atoms with Crippen LogP contribution in [0.15, 0.2) is 18.3 Å². The van der Waals surface area contributed by atoms with Gasteiger partial charge in [0, 0.05) is 36.8 Å². The molecule has 2 rings (SSSR count). The highest BCUT2D eigenvalue weighted by Crippen LogP contribution is 2.21. The van der Waals surface area contributed by atoms with E-state index in [0.717, 1.165) is 24.6 Å². The Morgan fingerprint density at radius 2 is 2.50 bits per heavy atom. The van der Waals surface area contributed by atoms with Crippen molar-refractivity contribution in [2.45, 2.75) is 19.9 Å². The molecule has 1 atom stereocenters. The Morgan fingerprint density at radius 3 is 3.22 bits per heavy atom. The van der Waals surface area contributed by atoms with Gasteiger partial charge in [-0.2, -0.15) is 11.8 Å². The van der Waals surface area contributed by atoms with Gasteiger partial charge in [-0.15, -0.1) is 0 Å². The average molecular weight is 265 g/mol. The fourth-order valence-corrected chi connectivity index (χ4v) is 3.08. The van der Waals surface area contributed by atoms with Crippen LogP contribution in [0.25, 0.3) is 0 Å². The highest BCUT2D eigenvalue weighted by atomic mass is 32.2. The molecule has 0 aromatic carbocycles. The Bertz CT molecular complexity index is 424. The van der Waals surface area contributed by atoms with Gasteiger partial charge in [-0.1, -0.05) is 0 Å². The molecule has 2 heterocycles. The van der Waals surface area contributed by atoms with Crippen molar-refractivity contribution in [3.05, 3.63) is 23.9 Å². The normalized spacial score (nSPS) is 19.7. The van der Waals surface area contributed by atoms with Crippen LogP contribution < -0.4 is 5.32 Å². The Morgan fingerprint density at radius 1 is 1.67 bits per heavy atom. The van der Waals surface area contributed by atoms with Crippen molar-refractivity contribution in [1.82, 2.24) is 9.88 Å². The van der Waals surface area contributed by atoms with Crippen molar-refractivity contribution in [3.8, 4) is 0 Å². The molecule has 1 N–H and O–H groups in total. The maximum atomic E-state index is 12.5. The monoisotopic (exact) mass is 265 g/mol. The first-order valence-electron chi connectivity index (χ1n) is 6.31. The van der Waals surface area contributed by atoms with Gasteiger partial charge in [0.15, 0.2) is 0 Å². The van der Waals surface area contributed by atoms with E-state index in [9.17, 15) is 4.79 Å². The van der Waals surface area contributed by atoms with E-state index in [4.69, 9.17) is 0 Å². The van der Waals surface area contributed by atoms with Gasteiger partial charge in [0.05, 0.1) is 5.56 Å². The van der Waals surface area contributed by atoms with E-state index in [1.54, 1.807) is 6.20 Å². The highest BCUT2D eigenvalue weighted by molar-refractivity contribution is 7.99. The summed E-state index contributed by atoms with van der Waals surface area (Å²) in [5.74, 6) is 2.82. The van der Waals surface area contributed by atoms with Gasteiger partial charge in [0.25, 0.3) is 5.91 Å². The third-order valence-electron chi connectivity index (χ3n) is 3.01. The van der Waals surface area contributed by atoms with Crippen molar-refractivity contribution in [3.63, 3.8) is 0 Å². The van der Waals surface area contributed by atoms with E-state index < -0.39 is 0 Å². The van der Waals surface area contributed by atoms with E-state index in [1.165, 1.54) is 0 Å². The summed E-state index contributed by atoms with van der Waals surface area (Å²) in [5.41, 5.74) is 0.679. The molecule has 0 saturated carbocycles. The fourth-order valence-electron chi connectivity index (χ4n) is 2.07. The number of pyridine rings is 1. The minimum Gasteiger partial charge on any atom is -0.370 e. The lowest BCUT2D eigenvalue weighted by Gasteiger charge is -2.33. The predicted molar refractivity (Wildman–Crippen MR) is 76.2 cm³/mol. The van der Waals surface area contributed by atoms with Crippen LogP contribution in [-0.2, 0) is 0 Å². The van der Waals surface area contributed by atoms with E-state index in [-0.39, 0.29) is 5.91 Å². The minimum atomic E-state index is 0.0897. The number of amides is 1. The number of hydrogen-bond donors (Lipinski definition) is 1. The quantitative estimate of drug-likeness (QED) is 0.909. The van der Waals surface area contributed by atoms with E-state index >= 15 is 0 Å². The number of hydrogen-bond acceptors (Lipinski definition) is 4. The molecule has 18 heavy (non-hydrogen) atoms. The van der Waals surface area contributed by atoms with Gasteiger partial charge in [-0.05, 0) is 26.0 Å². The maximum absolute atomic E-state index is 12.5. The Kier molecular flexibility index (Phi) is 4.47. The summed E-state index contributed by atoms with van der Waals surface area (Å²) >= 11 is 1.91. The lowest BCUT2D eigenvalue weighted by Crippen LogP contribution is -2.44. The van der Waals surface area contributed by atoms with Crippen molar-refractivity contribution in [1.29, 1.82) is 0 Å². The van der Waals surface area contributed by atoms with Gasteiger partial charge in [0.1, 0.15) is 5.82 Å². The molecule has 1 fully saturated rings. The minimum absolute atomic E-state index is 0.0897. The van der Waals surface area contributed by atoms with Gasteiger partial charge in [-0.25, -0.2) is 4.98 Å². The second-order valence-corrected chi connectivity index (χ2v) is 5.50. The first kappa shape index (κ1) is 13.2. The maximum Gasteiger partial charge on any atom is 0.257 e. The van der Waals surface area contributed by atoms with Gasteiger partial charge in [-0.3, -0.25) is 4.79 Å². The molecule has 1 unspecified atom stereocenters. The summed E-state index contributed by atoms with van der Waals surface area (Å²) in [5, 5.41) is 3.15. The Hall–Kier alpha value is -1.23. The molecule has 1 aliphatic heterocycles. The van der Waals surface area contributed by atoms with Gasteiger partial charge < -0.3 is 10.2 Å². The summed E-state index contributed by atoms with van der Waals surface area (Å²) < 4.78 is 0. The largest absolute Gasteiger partial charge is 0.370 e. The molecule has 98 valence electrons. The summed E-state index contributed by atoms with van der Waals surface area (Å²) in [6.07, 6.45) is 1.71. The number of aromatic nitrogens is 1. The number of anilines is 1. The first-order valence-corrected chi connectivity index (χ1v) is 7.47. The molecule has 1 aliphatic rings. The second kappa shape index (κ2) is 6.09. The number of nitrogens with zero attached hydrogens (tertiary/aromatic N) is 2. The zero-order valence-corrected chi connectivity index (χ0v) is 11.7. The van der Waals surface area contributed by atoms with Crippen LogP contribution in [-0.4, -0.2) is 46.4 Å². The third-order valence-corrected chi connectivity index (χ3v) is 4.20. The zero-order chi connectivity index (χ0) is 13.0. The highest BCUT2D eigenvalue weighted by Gasteiger charge is 2.26. The molecule has 0 aliphatic carbocycles. The van der Waals surface area contributed by atoms with E-state index in [0.29, 0.717) is 17.4 Å². The van der Waals surface area contributed by atoms with Crippen molar-refractivity contribution in [2.75, 3.05) is 29.9 Å². The first-order chi connectivity index (χ1) is 8.74. The number of nitrogens with one attached hydrogen (secondary N) is 1. The topological polar surface area (TPSA) is 45.2 Å². The SMILES string of the molecule is CCNc1ncccc1C(=O)N1CCSCC1C. The third kappa shape index (κ3) is 2.77. The molecule has 1 aromatic heterocycles. The average Bonchev–Trinajstić information content (AvgIpc) is 2.40. The number of rotatable bonds is 3. The van der Waals surface area contributed by atoms with Crippen LogP contribution >= 0.6 is 11.8 Å². The molecule has 0 radical (unpaired) electrons. The second-order valence-electron chi connectivity index (χ2n) is 4.35. The lowest BCUT2D eigenvalue weighted by atomic mass is 10.2. The van der Waals surface area contributed by atoms with Crippen LogP contribution in [0, 0.1) is 0 Å². The van der Waals surface area contributed by atoms with Crippen molar-refractivity contribution in [2.24, 2.45) is 0 Å². The molecular formula is C13H19N3OS. The van der Waals surface area contributed by atoms with E-state index in [2.05, 4.69) is 17.2 Å². The van der Waals surface area contributed by atoms with Gasteiger partial charge in [0.2, 0.25) is 0 Å². The zero-order valence-electron chi connectivity index (χ0n) is 10.8. The molecule has 5 heteroatoms. The molecule has 0 spiro atoms. The molecule has 1 saturated heterocycles. The fraction of sp³-hybridized carbons (Fsp3) is 0.538. The van der Waals surface area contributed by atoms with Crippen LogP contribution in [0.5, 0.6) is 0 Å². The molecule has 1 amide bonds. The summed E-state index contributed by atoms with van der Waals surface area (Å²) in [4.78, 5) is 18.7. The molecule has 4 nitrogen and oxygen atoms in total. The summed E-state index contributed by atoms with van der Waals surface area (Å²) in [6.45, 7) is 5.70. The van der Waals surface area contributed by atoms with Crippen LogP contribution in [0.1, 0.15) is 24.2 Å². The smallest absolute Gasteiger partial charge is 0.257 e. The summed E-state index contributed by atoms with van der Waals surface area (Å²) in [6, 6.07) is 3.96. The number of carbonyl (C=O) groups excluding carboxylic acids is 1. The van der Waals surface area contributed by atoms with Crippen LogP contribution in [0.4, 0.5) is 5.82 Å². The molecular weight excluding hydrogens is 246 g/mol. The predicted octanol–water partition coefficient (Wildman–Crippen LogP) is 2.09. The lowest BCUT2D eigenvalue weighted by molar-refractivity contribution is 0.0716. The number of carbonyl (C=O) groups is 1. The van der Waals surface area contributed by atoms with Crippen LogP contribution in [0.2, 0.25) is 0 Å². The Labute approximate surface area is 112 Å². The van der Waals surface area contributed by atoms with Gasteiger partial charge >= 0.3 is 0 Å². The summed E-state index contributed by atoms with van der Waals surface area (Å²) in [7, 11) is 0. The van der Waals surface area contributed by atoms with E-state index in [1.807, 2.05) is 35.7 Å². The molecule has 1 aromatic rings. The van der Waals surface area contributed by atoms with Crippen LogP contribution in [0.3, 0.4) is 0 Å². The number of thioether (sulfide) groups is 1. The molecule has 0 bridgehead atoms. The standard InChI is InChI=1S/C13H19N3OS/c1-3-14-12-11(5-4-6-15-12)13(17)16-7-8-18-9-10(16)2/h4-6,10H,3,7-9H2,1-2H3,(H,14,15). The van der Waals surface area contributed by atoms with Crippen molar-refractivity contribution < 1.29 is 4.79 Å². The van der Waals surface area contributed by atoms with Crippen molar-refractivity contribution >= 4 is 23.5 Å².